The molecule has 3 rings (SSSR count). The summed E-state index contributed by atoms with van der Waals surface area (Å²) in [5.41, 5.74) is 1.02. The molecule has 1 aliphatic heterocycles. The van der Waals surface area contributed by atoms with Crippen LogP contribution in [0.2, 0.25) is 0 Å². The van der Waals surface area contributed by atoms with Crippen LogP contribution in [0.1, 0.15) is 35.7 Å². The second kappa shape index (κ2) is 10.0. The highest BCUT2D eigenvalue weighted by Crippen LogP contribution is 2.15. The Kier molecular flexibility index (Phi) is 7.17. The number of halogens is 1. The van der Waals surface area contributed by atoms with Gasteiger partial charge in [0.1, 0.15) is 11.9 Å². The van der Waals surface area contributed by atoms with Crippen LogP contribution in [0.3, 0.4) is 0 Å². The van der Waals surface area contributed by atoms with E-state index in [4.69, 9.17) is 0 Å². The molecule has 1 aliphatic rings. The van der Waals surface area contributed by atoms with Crippen LogP contribution in [0.5, 0.6) is 0 Å². The lowest BCUT2D eigenvalue weighted by atomic mass is 10.0. The van der Waals surface area contributed by atoms with Crippen molar-refractivity contribution in [3.63, 3.8) is 0 Å². The van der Waals surface area contributed by atoms with Crippen molar-refractivity contribution in [1.82, 2.24) is 15.5 Å². The second-order valence-corrected chi connectivity index (χ2v) is 7.49. The van der Waals surface area contributed by atoms with Crippen LogP contribution >= 0.6 is 0 Å². The van der Waals surface area contributed by atoms with E-state index in [1.807, 2.05) is 18.2 Å². The Morgan fingerprint density at radius 2 is 1.67 bits per heavy atom. The average Bonchev–Trinajstić information content (AvgIpc) is 2.75. The van der Waals surface area contributed by atoms with Gasteiger partial charge >= 0.3 is 0 Å². The van der Waals surface area contributed by atoms with E-state index >= 15 is 0 Å². The van der Waals surface area contributed by atoms with E-state index < -0.39 is 11.9 Å². The summed E-state index contributed by atoms with van der Waals surface area (Å²) in [4.78, 5) is 38.6. The molecule has 0 unspecified atom stereocenters. The minimum absolute atomic E-state index is 0.0175. The van der Waals surface area contributed by atoms with Gasteiger partial charge in [0.05, 0.1) is 0 Å². The molecule has 1 atom stereocenters. The van der Waals surface area contributed by atoms with Crippen LogP contribution in [0.4, 0.5) is 4.39 Å². The number of hydrogen-bond donors (Lipinski definition) is 2. The van der Waals surface area contributed by atoms with Gasteiger partial charge in [-0.2, -0.15) is 0 Å². The Morgan fingerprint density at radius 3 is 2.30 bits per heavy atom. The van der Waals surface area contributed by atoms with E-state index in [1.54, 1.807) is 35.2 Å². The van der Waals surface area contributed by atoms with Crippen molar-refractivity contribution in [3.05, 3.63) is 71.5 Å². The fourth-order valence-corrected chi connectivity index (χ4v) is 3.63. The normalized spacial score (nSPS) is 15.3. The Bertz CT molecular complexity index is 896. The highest BCUT2D eigenvalue weighted by Gasteiger charge is 2.28. The van der Waals surface area contributed by atoms with Crippen molar-refractivity contribution >= 4 is 17.7 Å². The first-order valence-corrected chi connectivity index (χ1v) is 10.1. The highest BCUT2D eigenvalue weighted by molar-refractivity contribution is 5.94. The number of hydrogen-bond acceptors (Lipinski definition) is 3. The first-order valence-electron chi connectivity index (χ1n) is 10.1. The van der Waals surface area contributed by atoms with Crippen molar-refractivity contribution in [2.45, 2.75) is 38.3 Å². The predicted octanol–water partition coefficient (Wildman–Crippen LogP) is 2.29. The van der Waals surface area contributed by atoms with E-state index in [0.717, 1.165) is 0 Å². The standard InChI is InChI=1S/C23H26FN3O3/c1-16(28)25-21(15-18-9-5-6-10-20(18)24)22(29)26-19-11-13-27(14-12-19)23(30)17-7-3-2-4-8-17/h2-10,19,21H,11-15H2,1H3,(H,25,28)(H,26,29)/t21-/m0/s1. The maximum atomic E-state index is 14.0. The predicted molar refractivity (Wildman–Crippen MR) is 111 cm³/mol. The molecule has 0 bridgehead atoms. The molecule has 1 heterocycles. The van der Waals surface area contributed by atoms with Gasteiger partial charge in [-0.05, 0) is 36.6 Å². The third-order valence-electron chi connectivity index (χ3n) is 5.23. The van der Waals surface area contributed by atoms with Crippen molar-refractivity contribution in [2.75, 3.05) is 13.1 Å². The third-order valence-corrected chi connectivity index (χ3v) is 5.23. The topological polar surface area (TPSA) is 78.5 Å². The maximum absolute atomic E-state index is 14.0. The number of carbonyl (C=O) groups excluding carboxylic acids is 3. The number of benzene rings is 2. The third kappa shape index (κ3) is 5.65. The second-order valence-electron chi connectivity index (χ2n) is 7.49. The van der Waals surface area contributed by atoms with Gasteiger partial charge in [0.25, 0.3) is 5.91 Å². The molecule has 0 radical (unpaired) electrons. The van der Waals surface area contributed by atoms with Crippen LogP contribution in [0.25, 0.3) is 0 Å². The first kappa shape index (κ1) is 21.5. The molecule has 7 heteroatoms. The Labute approximate surface area is 175 Å². The molecule has 1 saturated heterocycles. The lowest BCUT2D eigenvalue weighted by Gasteiger charge is -2.33. The molecule has 3 amide bonds. The van der Waals surface area contributed by atoms with Crippen LogP contribution < -0.4 is 10.6 Å². The lowest BCUT2D eigenvalue weighted by Crippen LogP contribution is -2.53. The summed E-state index contributed by atoms with van der Waals surface area (Å²) in [6, 6.07) is 14.4. The number of nitrogens with zero attached hydrogens (tertiary/aromatic N) is 1. The summed E-state index contributed by atoms with van der Waals surface area (Å²) < 4.78 is 14.0. The van der Waals surface area contributed by atoms with E-state index in [0.29, 0.717) is 37.1 Å². The number of piperidine rings is 1. The summed E-state index contributed by atoms with van der Waals surface area (Å²) in [5.74, 6) is -1.12. The SMILES string of the molecule is CC(=O)N[C@@H](Cc1ccccc1F)C(=O)NC1CCN(C(=O)c2ccccc2)CC1. The molecule has 0 aromatic heterocycles. The summed E-state index contributed by atoms with van der Waals surface area (Å²) in [6.07, 6.45) is 1.32. The molecule has 2 aromatic carbocycles. The molecule has 30 heavy (non-hydrogen) atoms. The molecular weight excluding hydrogens is 385 g/mol. The largest absolute Gasteiger partial charge is 0.351 e. The van der Waals surface area contributed by atoms with E-state index in [-0.39, 0.29) is 30.2 Å². The van der Waals surface area contributed by atoms with Gasteiger partial charge in [-0.1, -0.05) is 36.4 Å². The highest BCUT2D eigenvalue weighted by atomic mass is 19.1. The van der Waals surface area contributed by atoms with Crippen molar-refractivity contribution < 1.29 is 18.8 Å². The fraction of sp³-hybridized carbons (Fsp3) is 0.348. The van der Waals surface area contributed by atoms with Gasteiger partial charge in [-0.15, -0.1) is 0 Å². The Balaban J connectivity index is 1.56. The van der Waals surface area contributed by atoms with Crippen LogP contribution in [-0.2, 0) is 16.0 Å². The Hall–Kier alpha value is -3.22. The summed E-state index contributed by atoms with van der Waals surface area (Å²) >= 11 is 0. The van der Waals surface area contributed by atoms with Crippen molar-refractivity contribution in [3.8, 4) is 0 Å². The molecule has 2 N–H and O–H groups in total. The van der Waals surface area contributed by atoms with E-state index in [2.05, 4.69) is 10.6 Å². The number of nitrogens with one attached hydrogen (secondary N) is 2. The Morgan fingerprint density at radius 1 is 1.03 bits per heavy atom. The molecule has 0 saturated carbocycles. The van der Waals surface area contributed by atoms with Crippen LogP contribution in [-0.4, -0.2) is 47.8 Å². The number of carbonyl (C=O) groups is 3. The lowest BCUT2D eigenvalue weighted by molar-refractivity contribution is -0.128. The zero-order chi connectivity index (χ0) is 21.5. The van der Waals surface area contributed by atoms with Crippen molar-refractivity contribution in [2.24, 2.45) is 0 Å². The van der Waals surface area contributed by atoms with Crippen LogP contribution in [0.15, 0.2) is 54.6 Å². The quantitative estimate of drug-likeness (QED) is 0.766. The minimum Gasteiger partial charge on any atom is -0.351 e. The van der Waals surface area contributed by atoms with E-state index in [1.165, 1.54) is 13.0 Å². The van der Waals surface area contributed by atoms with Gasteiger partial charge in [0.15, 0.2) is 0 Å². The summed E-state index contributed by atoms with van der Waals surface area (Å²) in [7, 11) is 0. The van der Waals surface area contributed by atoms with Crippen molar-refractivity contribution in [1.29, 1.82) is 0 Å². The van der Waals surface area contributed by atoms with Gasteiger partial charge in [0, 0.05) is 38.0 Å². The number of likely N-dealkylation sites (tertiary alicyclic amines) is 1. The molecule has 0 aliphatic carbocycles. The van der Waals surface area contributed by atoms with Crippen LogP contribution in [0, 0.1) is 5.82 Å². The molecule has 6 nitrogen and oxygen atoms in total. The summed E-state index contributed by atoms with van der Waals surface area (Å²) in [6.45, 7) is 2.41. The van der Waals surface area contributed by atoms with Gasteiger partial charge in [-0.25, -0.2) is 4.39 Å². The van der Waals surface area contributed by atoms with Gasteiger partial charge in [-0.3, -0.25) is 14.4 Å². The summed E-state index contributed by atoms with van der Waals surface area (Å²) in [5, 5.41) is 5.56. The molecule has 1 fully saturated rings. The van der Waals surface area contributed by atoms with Gasteiger partial charge in [0.2, 0.25) is 11.8 Å². The zero-order valence-corrected chi connectivity index (χ0v) is 16.9. The fourth-order valence-electron chi connectivity index (χ4n) is 3.63. The van der Waals surface area contributed by atoms with E-state index in [9.17, 15) is 18.8 Å². The molecular formula is C23H26FN3O3. The maximum Gasteiger partial charge on any atom is 0.253 e. The number of amides is 3. The molecule has 2 aromatic rings. The molecule has 0 spiro atoms. The number of rotatable bonds is 6. The average molecular weight is 411 g/mol. The van der Waals surface area contributed by atoms with Gasteiger partial charge < -0.3 is 15.5 Å². The zero-order valence-electron chi connectivity index (χ0n) is 16.9. The molecule has 158 valence electrons. The minimum atomic E-state index is -0.858. The first-order chi connectivity index (χ1) is 14.4. The monoisotopic (exact) mass is 411 g/mol. The smallest absolute Gasteiger partial charge is 0.253 e.